The third kappa shape index (κ3) is 13.5. The van der Waals surface area contributed by atoms with Crippen molar-refractivity contribution < 1.29 is 24.0 Å². The highest BCUT2D eigenvalue weighted by atomic mass is 35.5. The first-order chi connectivity index (χ1) is 33.0. The molecule has 2 aromatic carbocycles. The number of hydrogen-bond acceptors (Lipinski definition) is 7. The van der Waals surface area contributed by atoms with E-state index in [1.54, 1.807) is 24.3 Å². The number of nitrogens with one attached hydrogen (secondary N) is 1. The topological polar surface area (TPSA) is 123 Å². The van der Waals surface area contributed by atoms with Gasteiger partial charge in [-0.3, -0.25) is 14.3 Å². The molecule has 2 saturated carbocycles. The molecule has 2 N–H and O–H groups in total. The molecule has 68 heavy (non-hydrogen) atoms. The second kappa shape index (κ2) is 24.6. The van der Waals surface area contributed by atoms with Crippen molar-refractivity contribution in [3.8, 4) is 17.0 Å². The van der Waals surface area contributed by atoms with Gasteiger partial charge in [-0.1, -0.05) is 120 Å². The molecule has 2 aliphatic carbocycles. The van der Waals surface area contributed by atoms with E-state index in [2.05, 4.69) is 78.2 Å². The average Bonchev–Trinajstić information content (AvgIpc) is 3.91. The highest BCUT2D eigenvalue weighted by Gasteiger charge is 2.47. The van der Waals surface area contributed by atoms with E-state index < -0.39 is 5.60 Å². The Labute approximate surface area is 417 Å². The lowest BCUT2D eigenvalue weighted by atomic mass is 9.66. The molecule has 0 bridgehead atoms. The number of benzene rings is 2. The SMILES string of the molecule is CC/C=C\C/C=C\C/C=C\C/C=C\C/C=C\CCCC(=O)N1CCC(NC(=O)c2cc(C3CC(O)(c4ccc(OCc5c(-c6c(Cl)cccc6Cl)noc5C5CC5)cc4Cl)C3)n(C(C)C)n2)CC1. The van der Waals surface area contributed by atoms with Crippen LogP contribution in [0.25, 0.3) is 11.3 Å². The Morgan fingerprint density at radius 3 is 2.09 bits per heavy atom. The van der Waals surface area contributed by atoms with Gasteiger partial charge >= 0.3 is 0 Å². The van der Waals surface area contributed by atoms with Crippen LogP contribution in [0.4, 0.5) is 0 Å². The van der Waals surface area contributed by atoms with E-state index in [9.17, 15) is 14.7 Å². The molecule has 1 aliphatic heterocycles. The molecule has 3 fully saturated rings. The van der Waals surface area contributed by atoms with Crippen molar-refractivity contribution >= 4 is 46.6 Å². The van der Waals surface area contributed by atoms with Crippen LogP contribution in [0.1, 0.15) is 162 Å². The van der Waals surface area contributed by atoms with Crippen molar-refractivity contribution in [3.05, 3.63) is 147 Å². The summed E-state index contributed by atoms with van der Waals surface area (Å²) in [6, 6.07) is 12.5. The fraction of sp³-hybridized carbons (Fsp3) is 0.455. The molecule has 0 radical (unpaired) electrons. The summed E-state index contributed by atoms with van der Waals surface area (Å²) in [5.41, 5.74) is 2.71. The number of amides is 2. The number of likely N-dealkylation sites (tertiary alicyclic amines) is 1. The van der Waals surface area contributed by atoms with Gasteiger partial charge in [-0.25, -0.2) is 0 Å². The maximum absolute atomic E-state index is 13.6. The largest absolute Gasteiger partial charge is 0.489 e. The van der Waals surface area contributed by atoms with Crippen LogP contribution in [-0.2, 0) is 17.0 Å². The first-order valence-electron chi connectivity index (χ1n) is 24.5. The van der Waals surface area contributed by atoms with Crippen LogP contribution in [0.15, 0.2) is 108 Å². The van der Waals surface area contributed by atoms with Gasteiger partial charge < -0.3 is 24.6 Å². The lowest BCUT2D eigenvalue weighted by Crippen LogP contribution is -2.46. The number of hydrogen-bond donors (Lipinski definition) is 2. The molecule has 4 aromatic rings. The van der Waals surface area contributed by atoms with Crippen molar-refractivity contribution in [1.82, 2.24) is 25.2 Å². The predicted octanol–water partition coefficient (Wildman–Crippen LogP) is 13.9. The molecule has 0 atom stereocenters. The molecule has 1 saturated heterocycles. The molecular weight excluding hydrogens is 917 g/mol. The number of allylic oxidation sites excluding steroid dienone is 10. The molecule has 13 heteroatoms. The summed E-state index contributed by atoms with van der Waals surface area (Å²) < 4.78 is 14.0. The second-order valence-corrected chi connectivity index (χ2v) is 19.8. The summed E-state index contributed by atoms with van der Waals surface area (Å²) >= 11 is 20.0. The maximum atomic E-state index is 13.6. The van der Waals surface area contributed by atoms with E-state index in [0.717, 1.165) is 74.8 Å². The molecule has 10 nitrogen and oxygen atoms in total. The van der Waals surface area contributed by atoms with Crippen LogP contribution >= 0.6 is 34.8 Å². The minimum atomic E-state index is -1.16. The minimum absolute atomic E-state index is 0.01000. The molecule has 2 amide bonds. The number of piperidine rings is 1. The lowest BCUT2D eigenvalue weighted by Gasteiger charge is -2.44. The van der Waals surface area contributed by atoms with Gasteiger partial charge in [0.15, 0.2) is 0 Å². The fourth-order valence-corrected chi connectivity index (χ4v) is 9.94. The number of unbranched alkanes of at least 4 members (excludes halogenated alkanes) is 1. The Balaban J connectivity index is 0.834. The van der Waals surface area contributed by atoms with Crippen molar-refractivity contribution in [1.29, 1.82) is 0 Å². The van der Waals surface area contributed by atoms with E-state index in [-0.39, 0.29) is 42.3 Å². The number of ether oxygens (including phenoxy) is 1. The number of halogens is 3. The summed E-state index contributed by atoms with van der Waals surface area (Å²) in [7, 11) is 0. The molecule has 7 rings (SSSR count). The zero-order valence-corrected chi connectivity index (χ0v) is 41.9. The number of aliphatic hydroxyl groups is 1. The summed E-state index contributed by atoms with van der Waals surface area (Å²) in [6.07, 6.45) is 33.3. The van der Waals surface area contributed by atoms with Crippen LogP contribution in [0.5, 0.6) is 5.75 Å². The van der Waals surface area contributed by atoms with E-state index in [1.807, 2.05) is 41.6 Å². The van der Waals surface area contributed by atoms with Gasteiger partial charge in [-0.2, -0.15) is 5.10 Å². The molecule has 362 valence electrons. The van der Waals surface area contributed by atoms with Crippen LogP contribution in [0.2, 0.25) is 15.1 Å². The Kier molecular flexibility index (Phi) is 18.5. The lowest BCUT2D eigenvalue weighted by molar-refractivity contribution is -0.132. The van der Waals surface area contributed by atoms with Gasteiger partial charge in [-0.15, -0.1) is 0 Å². The third-order valence-corrected chi connectivity index (χ3v) is 13.9. The van der Waals surface area contributed by atoms with Gasteiger partial charge in [-0.05, 0) is 128 Å². The van der Waals surface area contributed by atoms with Gasteiger partial charge in [0, 0.05) is 60.3 Å². The van der Waals surface area contributed by atoms with Crippen molar-refractivity contribution in [3.63, 3.8) is 0 Å². The quantitative estimate of drug-likeness (QED) is 0.0560. The monoisotopic (exact) mass is 981 g/mol. The van der Waals surface area contributed by atoms with E-state index in [1.165, 1.54) is 0 Å². The van der Waals surface area contributed by atoms with Crippen LogP contribution in [0, 0.1) is 0 Å². The molecular formula is C55H66Cl3N5O5. The number of aromatic nitrogens is 3. The summed E-state index contributed by atoms with van der Waals surface area (Å²) in [5.74, 6) is 1.53. The third-order valence-electron chi connectivity index (χ3n) is 13.0. The summed E-state index contributed by atoms with van der Waals surface area (Å²) in [5, 5.41) is 25.5. The fourth-order valence-electron chi connectivity index (χ4n) is 9.02. The molecule has 0 unspecified atom stereocenters. The standard InChI is InChI=1S/C55H66Cl3N5O5/c1-4-5-6-7-8-9-10-11-12-13-14-15-16-17-18-19-20-24-50(64)62-31-29-41(30-32-62)59-54(65)48-34-49(63(60-48)38(2)3)40-35-55(66,36-40)44-28-27-42(33-47(44)58)67-37-43-52(61-68-53(43)39-25-26-39)51-45(56)22-21-23-46(51)57/h5-6,8-9,11-12,14-15,17-18,21-23,27-28,33-34,38-41,66H,4,7,10,13,16,19-20,24-26,29-32,35-37H2,1-3H3,(H,59,65)/b6-5-,9-8-,12-11-,15-14-,18-17-. The van der Waals surface area contributed by atoms with Gasteiger partial charge in [0.1, 0.15) is 29.5 Å². The zero-order valence-electron chi connectivity index (χ0n) is 39.6. The van der Waals surface area contributed by atoms with E-state index >= 15 is 0 Å². The number of nitrogens with zero attached hydrogens (tertiary/aromatic N) is 4. The number of carbonyl (C=O) groups is 2. The smallest absolute Gasteiger partial charge is 0.272 e. The van der Waals surface area contributed by atoms with Gasteiger partial charge in [0.05, 0.1) is 26.2 Å². The molecule has 0 spiro atoms. The van der Waals surface area contributed by atoms with Gasteiger partial charge in [0.25, 0.3) is 5.91 Å². The average molecular weight is 984 g/mol. The summed E-state index contributed by atoms with van der Waals surface area (Å²) in [4.78, 5) is 28.5. The number of rotatable bonds is 23. The minimum Gasteiger partial charge on any atom is -0.489 e. The van der Waals surface area contributed by atoms with Crippen LogP contribution < -0.4 is 10.1 Å². The second-order valence-electron chi connectivity index (χ2n) is 18.5. The summed E-state index contributed by atoms with van der Waals surface area (Å²) in [6.45, 7) is 7.64. The first kappa shape index (κ1) is 51.0. The Morgan fingerprint density at radius 2 is 1.49 bits per heavy atom. The number of carbonyl (C=O) groups excluding carboxylic acids is 2. The first-order valence-corrected chi connectivity index (χ1v) is 25.6. The van der Waals surface area contributed by atoms with Gasteiger partial charge in [0.2, 0.25) is 5.91 Å². The predicted molar refractivity (Wildman–Crippen MR) is 274 cm³/mol. The normalized spacial score (nSPS) is 19.2. The zero-order chi connectivity index (χ0) is 48.0. The molecule has 3 heterocycles. The van der Waals surface area contributed by atoms with Crippen LogP contribution in [-0.4, -0.2) is 55.9 Å². The highest BCUT2D eigenvalue weighted by Crippen LogP contribution is 2.53. The maximum Gasteiger partial charge on any atom is 0.272 e. The molecule has 3 aliphatic rings. The highest BCUT2D eigenvalue weighted by molar-refractivity contribution is 6.39. The van der Waals surface area contributed by atoms with E-state index in [4.69, 9.17) is 49.2 Å². The Hall–Kier alpha value is -4.87. The van der Waals surface area contributed by atoms with Crippen molar-refractivity contribution in [2.75, 3.05) is 13.1 Å². The van der Waals surface area contributed by atoms with Crippen molar-refractivity contribution in [2.24, 2.45) is 0 Å². The Bertz CT molecular complexity index is 2460. The van der Waals surface area contributed by atoms with Crippen molar-refractivity contribution in [2.45, 2.75) is 147 Å². The van der Waals surface area contributed by atoms with Crippen LogP contribution in [0.3, 0.4) is 0 Å². The van der Waals surface area contributed by atoms with E-state index in [0.29, 0.717) is 88.5 Å². The molecule has 2 aromatic heterocycles. The Morgan fingerprint density at radius 1 is 0.853 bits per heavy atom.